The van der Waals surface area contributed by atoms with Crippen molar-refractivity contribution in [3.63, 3.8) is 0 Å². The molecule has 0 N–H and O–H groups in total. The van der Waals surface area contributed by atoms with Gasteiger partial charge in [-0.05, 0) is 56.0 Å². The highest BCUT2D eigenvalue weighted by Gasteiger charge is 2.45. The van der Waals surface area contributed by atoms with Crippen molar-refractivity contribution in [3.05, 3.63) is 23.5 Å². The molecule has 0 radical (unpaired) electrons. The normalized spacial score (nSPS) is 16.7. The number of hydrogen-bond donors (Lipinski definition) is 0. The molecule has 1 aromatic heterocycles. The highest BCUT2D eigenvalue weighted by atomic mass is 32.2. The molecule has 3 rings (SSSR count). The molecule has 2 heterocycles. The molecule has 2 amide bonds. The Morgan fingerprint density at radius 2 is 1.97 bits per heavy atom. The lowest BCUT2D eigenvalue weighted by Gasteiger charge is -2.17. The van der Waals surface area contributed by atoms with E-state index >= 15 is 0 Å². The molecular formula is C23H32N2O4S. The van der Waals surface area contributed by atoms with Crippen molar-refractivity contribution < 1.29 is 18.8 Å². The molecule has 0 atom stereocenters. The molecule has 0 aliphatic carbocycles. The Labute approximate surface area is 182 Å². The van der Waals surface area contributed by atoms with Crippen molar-refractivity contribution in [2.45, 2.75) is 72.0 Å². The summed E-state index contributed by atoms with van der Waals surface area (Å²) in [5.74, 6) is 1.58. The Balaban J connectivity index is 1.69. The van der Waals surface area contributed by atoms with Crippen LogP contribution in [0, 0.1) is 5.41 Å². The molecule has 1 aromatic carbocycles. The van der Waals surface area contributed by atoms with E-state index in [0.717, 1.165) is 59.0 Å². The van der Waals surface area contributed by atoms with Gasteiger partial charge in [0.15, 0.2) is 0 Å². The number of carbonyl (C=O) groups excluding carboxylic acids is 2. The van der Waals surface area contributed by atoms with Crippen LogP contribution >= 0.6 is 11.8 Å². The second-order valence-corrected chi connectivity index (χ2v) is 11.1. The van der Waals surface area contributed by atoms with Crippen molar-refractivity contribution in [3.8, 4) is 5.75 Å². The number of rotatable bonds is 8. The van der Waals surface area contributed by atoms with Gasteiger partial charge in [0.1, 0.15) is 17.0 Å². The van der Waals surface area contributed by atoms with Gasteiger partial charge in [-0.25, -0.2) is 0 Å². The van der Waals surface area contributed by atoms with Gasteiger partial charge in [0.25, 0.3) is 5.24 Å². The molecule has 164 valence electrons. The summed E-state index contributed by atoms with van der Waals surface area (Å²) < 4.78 is 11.1. The first-order valence-electron chi connectivity index (χ1n) is 10.6. The van der Waals surface area contributed by atoms with Crippen LogP contribution in [0.1, 0.15) is 65.7 Å². The van der Waals surface area contributed by atoms with Crippen LogP contribution < -0.4 is 4.74 Å². The smallest absolute Gasteiger partial charge is 0.289 e. The number of nitrogens with zero attached hydrogens (tertiary/aromatic N) is 2. The number of carbonyl (C=O) groups is 2. The van der Waals surface area contributed by atoms with Crippen molar-refractivity contribution in [1.82, 2.24) is 10.1 Å². The van der Waals surface area contributed by atoms with E-state index in [1.165, 1.54) is 4.90 Å². The molecule has 1 aliphatic heterocycles. The van der Waals surface area contributed by atoms with E-state index in [2.05, 4.69) is 32.9 Å². The van der Waals surface area contributed by atoms with Gasteiger partial charge < -0.3 is 9.26 Å². The third-order valence-corrected chi connectivity index (χ3v) is 6.16. The lowest BCUT2D eigenvalue weighted by molar-refractivity contribution is -0.128. The molecule has 0 spiro atoms. The summed E-state index contributed by atoms with van der Waals surface area (Å²) in [6.45, 7) is 13.0. The van der Waals surface area contributed by atoms with Crippen LogP contribution in [-0.2, 0) is 17.6 Å². The summed E-state index contributed by atoms with van der Waals surface area (Å²) >= 11 is 1.09. The average Bonchev–Trinajstić information content (AvgIpc) is 3.11. The quantitative estimate of drug-likeness (QED) is 0.505. The summed E-state index contributed by atoms with van der Waals surface area (Å²) in [5, 5.41) is 5.23. The topological polar surface area (TPSA) is 72.6 Å². The maximum absolute atomic E-state index is 12.3. The van der Waals surface area contributed by atoms with E-state index in [-0.39, 0.29) is 16.6 Å². The van der Waals surface area contributed by atoms with Crippen LogP contribution in [0.2, 0.25) is 0 Å². The number of imide groups is 1. The summed E-state index contributed by atoms with van der Waals surface area (Å²) in [6, 6.07) is 4.01. The zero-order valence-electron chi connectivity index (χ0n) is 18.8. The monoisotopic (exact) mass is 432 g/mol. The molecule has 0 saturated carbocycles. The second-order valence-electron chi connectivity index (χ2n) is 9.57. The SMILES string of the molecule is CCCc1c(OCCCN2C(=O)SC(C)(C)C2=O)ccc2c(CC(C)(C)C)onc12. The van der Waals surface area contributed by atoms with Crippen LogP contribution in [0.15, 0.2) is 16.7 Å². The van der Waals surface area contributed by atoms with Gasteiger partial charge in [-0.2, -0.15) is 0 Å². The van der Waals surface area contributed by atoms with E-state index in [1.54, 1.807) is 13.8 Å². The van der Waals surface area contributed by atoms with Gasteiger partial charge >= 0.3 is 0 Å². The minimum absolute atomic E-state index is 0.115. The fourth-order valence-corrected chi connectivity index (χ4v) is 4.57. The Kier molecular flexibility index (Phi) is 6.51. The maximum Gasteiger partial charge on any atom is 0.289 e. The van der Waals surface area contributed by atoms with Crippen LogP contribution in [-0.4, -0.2) is 39.1 Å². The zero-order chi connectivity index (χ0) is 22.1. The molecule has 2 aromatic rings. The first-order valence-corrected chi connectivity index (χ1v) is 11.4. The predicted molar refractivity (Wildman–Crippen MR) is 120 cm³/mol. The average molecular weight is 433 g/mol. The summed E-state index contributed by atoms with van der Waals surface area (Å²) in [7, 11) is 0. The molecule has 1 saturated heterocycles. The number of fused-ring (bicyclic) bond motifs is 1. The van der Waals surface area contributed by atoms with E-state index in [0.29, 0.717) is 19.6 Å². The molecule has 6 nitrogen and oxygen atoms in total. The number of hydrogen-bond acceptors (Lipinski definition) is 6. The molecule has 1 fully saturated rings. The standard InChI is InChI=1S/C23H32N2O4S/c1-7-9-15-17(11-10-16-18(14-22(2,3)4)29-24-19(15)16)28-13-8-12-25-20(26)23(5,6)30-21(25)27/h10-11H,7-9,12-14H2,1-6H3. The van der Waals surface area contributed by atoms with Gasteiger partial charge in [0, 0.05) is 23.9 Å². The molecule has 30 heavy (non-hydrogen) atoms. The number of benzene rings is 1. The Hall–Kier alpha value is -2.02. The number of aryl methyl sites for hydroxylation is 1. The molecule has 7 heteroatoms. The zero-order valence-corrected chi connectivity index (χ0v) is 19.6. The lowest BCUT2D eigenvalue weighted by atomic mass is 9.89. The lowest BCUT2D eigenvalue weighted by Crippen LogP contribution is -2.36. The molecule has 0 unspecified atom stereocenters. The minimum Gasteiger partial charge on any atom is -0.493 e. The second kappa shape index (κ2) is 8.61. The molecule has 1 aliphatic rings. The third-order valence-electron chi connectivity index (χ3n) is 5.08. The predicted octanol–water partition coefficient (Wildman–Crippen LogP) is 5.61. The largest absolute Gasteiger partial charge is 0.493 e. The van der Waals surface area contributed by atoms with Gasteiger partial charge in [-0.3, -0.25) is 14.5 Å². The molecule has 0 bridgehead atoms. The van der Waals surface area contributed by atoms with Crippen molar-refractivity contribution in [2.24, 2.45) is 5.41 Å². The van der Waals surface area contributed by atoms with Gasteiger partial charge in [-0.1, -0.05) is 39.3 Å². The fraction of sp³-hybridized carbons (Fsp3) is 0.609. The van der Waals surface area contributed by atoms with E-state index in [1.807, 2.05) is 12.1 Å². The van der Waals surface area contributed by atoms with E-state index in [4.69, 9.17) is 9.26 Å². The van der Waals surface area contributed by atoms with Crippen molar-refractivity contribution in [2.75, 3.05) is 13.2 Å². The van der Waals surface area contributed by atoms with Crippen LogP contribution in [0.3, 0.4) is 0 Å². The van der Waals surface area contributed by atoms with Crippen molar-refractivity contribution >= 4 is 33.8 Å². The number of ether oxygens (including phenoxy) is 1. The Morgan fingerprint density at radius 3 is 2.57 bits per heavy atom. The first kappa shape index (κ1) is 22.7. The number of aromatic nitrogens is 1. The third kappa shape index (κ3) is 4.82. The Bertz CT molecular complexity index is 943. The number of thioether (sulfide) groups is 1. The van der Waals surface area contributed by atoms with Crippen LogP contribution in [0.4, 0.5) is 4.79 Å². The summed E-state index contributed by atoms with van der Waals surface area (Å²) in [4.78, 5) is 25.7. The molecular weight excluding hydrogens is 400 g/mol. The van der Waals surface area contributed by atoms with Crippen LogP contribution in [0.5, 0.6) is 5.75 Å². The van der Waals surface area contributed by atoms with Gasteiger partial charge in [0.05, 0.1) is 11.4 Å². The summed E-state index contributed by atoms with van der Waals surface area (Å²) in [6.07, 6.45) is 3.23. The Morgan fingerprint density at radius 1 is 1.23 bits per heavy atom. The van der Waals surface area contributed by atoms with Crippen LogP contribution in [0.25, 0.3) is 10.9 Å². The highest BCUT2D eigenvalue weighted by Crippen LogP contribution is 2.37. The van der Waals surface area contributed by atoms with Gasteiger partial charge in [0.2, 0.25) is 5.91 Å². The number of amides is 2. The van der Waals surface area contributed by atoms with Crippen molar-refractivity contribution in [1.29, 1.82) is 0 Å². The van der Waals surface area contributed by atoms with E-state index < -0.39 is 4.75 Å². The van der Waals surface area contributed by atoms with Gasteiger partial charge in [-0.15, -0.1) is 0 Å². The first-order chi connectivity index (χ1) is 14.0. The minimum atomic E-state index is -0.672. The fourth-order valence-electron chi connectivity index (χ4n) is 3.66. The maximum atomic E-state index is 12.3. The summed E-state index contributed by atoms with van der Waals surface area (Å²) in [5.41, 5.74) is 2.05. The van der Waals surface area contributed by atoms with E-state index in [9.17, 15) is 9.59 Å². The highest BCUT2D eigenvalue weighted by molar-refractivity contribution is 8.16.